The van der Waals surface area contributed by atoms with Crippen molar-refractivity contribution in [3.05, 3.63) is 36.0 Å². The van der Waals surface area contributed by atoms with Crippen molar-refractivity contribution in [3.63, 3.8) is 0 Å². The third-order valence-corrected chi connectivity index (χ3v) is 1.45. The quantitative estimate of drug-likeness (QED) is 0.499. The van der Waals surface area contributed by atoms with Crippen molar-refractivity contribution in [2.75, 3.05) is 0 Å². The fourth-order valence-corrected chi connectivity index (χ4v) is 0.932. The van der Waals surface area contributed by atoms with Crippen molar-refractivity contribution in [2.45, 2.75) is 20.8 Å². The smallest absolute Gasteiger partial charge is 0.346 e. The first-order valence-corrected chi connectivity index (χ1v) is 4.46. The average molecular weight is 194 g/mol. The van der Waals surface area contributed by atoms with Crippen molar-refractivity contribution < 1.29 is 14.3 Å². The van der Waals surface area contributed by atoms with Gasteiger partial charge in [0.25, 0.3) is 0 Å². The zero-order valence-corrected chi connectivity index (χ0v) is 8.66. The van der Waals surface area contributed by atoms with Gasteiger partial charge in [0.1, 0.15) is 0 Å². The molecule has 0 aromatic rings. The highest BCUT2D eigenvalue weighted by Gasteiger charge is 2.28. The van der Waals surface area contributed by atoms with E-state index in [1.165, 1.54) is 12.2 Å². The van der Waals surface area contributed by atoms with E-state index in [-0.39, 0.29) is 11.1 Å². The number of carbonyl (C=O) groups excluding carboxylic acids is 2. The summed E-state index contributed by atoms with van der Waals surface area (Å²) < 4.78 is 4.36. The van der Waals surface area contributed by atoms with Gasteiger partial charge in [0.05, 0.1) is 11.1 Å². The molecular weight excluding hydrogens is 180 g/mol. The maximum atomic E-state index is 10.9. The van der Waals surface area contributed by atoms with E-state index in [4.69, 9.17) is 0 Å². The molecule has 1 rings (SSSR count). The lowest BCUT2D eigenvalue weighted by Crippen LogP contribution is -2.01. The van der Waals surface area contributed by atoms with Gasteiger partial charge in [0, 0.05) is 0 Å². The molecule has 0 saturated heterocycles. The van der Waals surface area contributed by atoms with Gasteiger partial charge in [0.15, 0.2) is 0 Å². The van der Waals surface area contributed by atoms with Crippen LogP contribution < -0.4 is 0 Å². The Balaban J connectivity index is 0.000000791. The molecule has 0 aromatic carbocycles. The number of carbonyl (C=O) groups is 2. The van der Waals surface area contributed by atoms with Crippen LogP contribution in [0.1, 0.15) is 20.8 Å². The van der Waals surface area contributed by atoms with Gasteiger partial charge in [-0.3, -0.25) is 0 Å². The first kappa shape index (κ1) is 12.4. The molecule has 0 atom stereocenters. The monoisotopic (exact) mass is 194 g/mol. The Morgan fingerprint density at radius 3 is 2.07 bits per heavy atom. The summed E-state index contributed by atoms with van der Waals surface area (Å²) in [4.78, 5) is 21.8. The summed E-state index contributed by atoms with van der Waals surface area (Å²) in [6, 6.07) is 0. The highest BCUT2D eigenvalue weighted by atomic mass is 16.6. The lowest BCUT2D eigenvalue weighted by atomic mass is 10.1. The minimum Gasteiger partial charge on any atom is -0.386 e. The Morgan fingerprint density at radius 2 is 1.64 bits per heavy atom. The molecule has 1 heterocycles. The van der Waals surface area contributed by atoms with E-state index < -0.39 is 11.9 Å². The summed E-state index contributed by atoms with van der Waals surface area (Å²) >= 11 is 0. The van der Waals surface area contributed by atoms with E-state index in [0.717, 1.165) is 0 Å². The Hall–Kier alpha value is -1.64. The molecule has 1 aliphatic heterocycles. The number of esters is 2. The summed E-state index contributed by atoms with van der Waals surface area (Å²) in [6.45, 7) is 9.17. The lowest BCUT2D eigenvalue weighted by molar-refractivity contribution is -0.150. The maximum Gasteiger partial charge on any atom is 0.346 e. The van der Waals surface area contributed by atoms with E-state index in [9.17, 15) is 9.59 Å². The van der Waals surface area contributed by atoms with Crippen LogP contribution in [-0.4, -0.2) is 11.9 Å². The van der Waals surface area contributed by atoms with Crippen molar-refractivity contribution in [1.82, 2.24) is 0 Å². The van der Waals surface area contributed by atoms with Crippen LogP contribution in [0.15, 0.2) is 36.0 Å². The first-order chi connectivity index (χ1) is 6.70. The van der Waals surface area contributed by atoms with Gasteiger partial charge in [-0.1, -0.05) is 38.7 Å². The summed E-state index contributed by atoms with van der Waals surface area (Å²) in [5.74, 6) is -1.23. The van der Waals surface area contributed by atoms with E-state index in [1.807, 2.05) is 13.8 Å². The van der Waals surface area contributed by atoms with Gasteiger partial charge in [-0.05, 0) is 6.92 Å². The normalized spacial score (nSPS) is 15.4. The number of hydrogen-bond donors (Lipinski definition) is 0. The Kier molecular flexibility index (Phi) is 5.22. The zero-order valence-electron chi connectivity index (χ0n) is 8.66. The minimum atomic E-state index is -0.622. The minimum absolute atomic E-state index is 0.234. The van der Waals surface area contributed by atoms with Crippen molar-refractivity contribution in [1.29, 1.82) is 0 Å². The fraction of sp³-hybridized carbons (Fsp3) is 0.273. The average Bonchev–Trinajstić information content (AvgIpc) is 2.45. The number of ether oxygens (including phenoxy) is 1. The molecule has 0 amide bonds. The highest BCUT2D eigenvalue weighted by molar-refractivity contribution is 6.15. The second-order valence-electron chi connectivity index (χ2n) is 2.21. The van der Waals surface area contributed by atoms with Crippen molar-refractivity contribution in [3.8, 4) is 0 Å². The molecule has 0 fully saturated rings. The van der Waals surface area contributed by atoms with E-state index in [1.54, 1.807) is 13.0 Å². The SMILES string of the molecule is C=CC1=C(/C=C\C)C(=O)OC1=O.CC. The molecule has 0 spiro atoms. The molecule has 3 heteroatoms. The van der Waals surface area contributed by atoms with Crippen LogP contribution in [0.4, 0.5) is 0 Å². The van der Waals surface area contributed by atoms with E-state index >= 15 is 0 Å². The number of hydrogen-bond acceptors (Lipinski definition) is 3. The molecule has 0 radical (unpaired) electrons. The summed E-state index contributed by atoms with van der Waals surface area (Å²) in [6.07, 6.45) is 4.52. The Labute approximate surface area is 83.8 Å². The molecule has 0 N–H and O–H groups in total. The standard InChI is InChI=1S/C9H8O3.C2H6/c1-3-5-7-6(4-2)8(10)12-9(7)11;1-2/h3-5H,2H2,1H3;1-2H3/b5-3-;. The maximum absolute atomic E-state index is 10.9. The fourth-order valence-electron chi connectivity index (χ4n) is 0.932. The Morgan fingerprint density at radius 1 is 1.14 bits per heavy atom. The number of cyclic esters (lactones) is 2. The van der Waals surface area contributed by atoms with E-state index in [2.05, 4.69) is 11.3 Å². The topological polar surface area (TPSA) is 43.4 Å². The largest absolute Gasteiger partial charge is 0.386 e. The van der Waals surface area contributed by atoms with Gasteiger partial charge in [-0.2, -0.15) is 0 Å². The van der Waals surface area contributed by atoms with Gasteiger partial charge >= 0.3 is 11.9 Å². The molecule has 0 aromatic heterocycles. The first-order valence-electron chi connectivity index (χ1n) is 4.46. The van der Waals surface area contributed by atoms with Crippen LogP contribution in [0.2, 0.25) is 0 Å². The van der Waals surface area contributed by atoms with Crippen LogP contribution in [0.5, 0.6) is 0 Å². The van der Waals surface area contributed by atoms with Crippen LogP contribution in [0.3, 0.4) is 0 Å². The molecule has 1 aliphatic rings. The van der Waals surface area contributed by atoms with Gasteiger partial charge in [-0.25, -0.2) is 9.59 Å². The molecule has 0 unspecified atom stereocenters. The highest BCUT2D eigenvalue weighted by Crippen LogP contribution is 2.18. The van der Waals surface area contributed by atoms with Crippen LogP contribution in [0.25, 0.3) is 0 Å². The van der Waals surface area contributed by atoms with Gasteiger partial charge in [-0.15, -0.1) is 0 Å². The second kappa shape index (κ2) is 5.91. The van der Waals surface area contributed by atoms with Crippen LogP contribution in [-0.2, 0) is 14.3 Å². The summed E-state index contributed by atoms with van der Waals surface area (Å²) in [5.41, 5.74) is 0.510. The third-order valence-electron chi connectivity index (χ3n) is 1.45. The number of rotatable bonds is 2. The summed E-state index contributed by atoms with van der Waals surface area (Å²) in [7, 11) is 0. The molecular formula is C11H14O3. The summed E-state index contributed by atoms with van der Waals surface area (Å²) in [5, 5.41) is 0. The predicted octanol–water partition coefficient (Wildman–Crippen LogP) is 2.15. The van der Waals surface area contributed by atoms with Crippen LogP contribution >= 0.6 is 0 Å². The van der Waals surface area contributed by atoms with Gasteiger partial charge < -0.3 is 4.74 Å². The van der Waals surface area contributed by atoms with Gasteiger partial charge in [0.2, 0.25) is 0 Å². The van der Waals surface area contributed by atoms with Crippen molar-refractivity contribution >= 4 is 11.9 Å². The zero-order chi connectivity index (χ0) is 11.1. The van der Waals surface area contributed by atoms with Crippen LogP contribution in [0, 0.1) is 0 Å². The number of allylic oxidation sites excluding steroid dienone is 1. The predicted molar refractivity (Wildman–Crippen MR) is 54.5 cm³/mol. The second-order valence-corrected chi connectivity index (χ2v) is 2.21. The lowest BCUT2D eigenvalue weighted by Gasteiger charge is -1.86. The molecule has 0 aliphatic carbocycles. The van der Waals surface area contributed by atoms with E-state index in [0.29, 0.717) is 0 Å². The molecule has 0 saturated carbocycles. The third kappa shape index (κ3) is 2.42. The molecule has 3 nitrogen and oxygen atoms in total. The molecule has 76 valence electrons. The molecule has 0 bridgehead atoms. The molecule has 14 heavy (non-hydrogen) atoms. The van der Waals surface area contributed by atoms with Crippen molar-refractivity contribution in [2.24, 2.45) is 0 Å². The Bertz CT molecular complexity index is 308.